The van der Waals surface area contributed by atoms with Crippen molar-refractivity contribution in [1.82, 2.24) is 5.32 Å². The van der Waals surface area contributed by atoms with E-state index in [1.165, 1.54) is 34.8 Å². The van der Waals surface area contributed by atoms with Gasteiger partial charge in [0.2, 0.25) is 0 Å². The summed E-state index contributed by atoms with van der Waals surface area (Å²) in [6, 6.07) is 0. The lowest BCUT2D eigenvalue weighted by molar-refractivity contribution is -0.300. The van der Waals surface area contributed by atoms with Crippen molar-refractivity contribution in [2.75, 3.05) is 28.4 Å². The molecular weight excluding hydrogens is 188 g/mol. The van der Waals surface area contributed by atoms with E-state index in [4.69, 9.17) is 18.9 Å². The second-order valence-electron chi connectivity index (χ2n) is 2.86. The first-order chi connectivity index (χ1) is 6.66. The zero-order valence-corrected chi connectivity index (χ0v) is 8.86. The van der Waals surface area contributed by atoms with Crippen LogP contribution in [0.1, 0.15) is 6.42 Å². The van der Waals surface area contributed by atoms with Crippen molar-refractivity contribution in [2.45, 2.75) is 18.2 Å². The molecule has 14 heavy (non-hydrogen) atoms. The molecule has 1 N–H and O–H groups in total. The second kappa shape index (κ2) is 4.22. The highest BCUT2D eigenvalue weighted by atomic mass is 16.7. The summed E-state index contributed by atoms with van der Waals surface area (Å²) in [7, 11) is 6.10. The average Bonchev–Trinajstić information content (AvgIpc) is 2.29. The average molecular weight is 204 g/mol. The van der Waals surface area contributed by atoms with Crippen LogP contribution in [-0.2, 0) is 18.9 Å². The Morgan fingerprint density at radius 1 is 1.07 bits per heavy atom. The highest BCUT2D eigenvalue weighted by molar-refractivity contribution is 5.56. The van der Waals surface area contributed by atoms with Gasteiger partial charge in [-0.15, -0.1) is 0 Å². The minimum atomic E-state index is -1.04. The van der Waals surface area contributed by atoms with E-state index < -0.39 is 11.8 Å². The number of hydrogen-bond acceptors (Lipinski definition) is 6. The van der Waals surface area contributed by atoms with Crippen LogP contribution in [0.15, 0.2) is 4.99 Å². The van der Waals surface area contributed by atoms with E-state index >= 15 is 0 Å². The van der Waals surface area contributed by atoms with Gasteiger partial charge in [-0.25, -0.2) is 4.99 Å². The molecule has 0 spiro atoms. The molecule has 0 aromatic rings. The molecule has 0 saturated heterocycles. The molecule has 0 saturated carbocycles. The van der Waals surface area contributed by atoms with Crippen molar-refractivity contribution in [3.63, 3.8) is 0 Å². The van der Waals surface area contributed by atoms with Crippen molar-refractivity contribution in [3.05, 3.63) is 0 Å². The molecule has 0 fully saturated rings. The molecule has 6 nitrogen and oxygen atoms in total. The van der Waals surface area contributed by atoms with E-state index in [0.29, 0.717) is 6.42 Å². The van der Waals surface area contributed by atoms with Crippen LogP contribution < -0.4 is 5.32 Å². The van der Waals surface area contributed by atoms with Crippen molar-refractivity contribution in [2.24, 2.45) is 4.99 Å². The summed E-state index contributed by atoms with van der Waals surface area (Å²) in [4.78, 5) is 4.05. The standard InChI is InChI=1S/C8H16N2O4/c1-11-7(12-2)5-8(13-3,14-4)10-6-9-7/h6H,5H2,1-4H3,(H,9,10). The van der Waals surface area contributed by atoms with Crippen LogP contribution in [-0.4, -0.2) is 46.6 Å². The van der Waals surface area contributed by atoms with Gasteiger partial charge in [-0.3, -0.25) is 0 Å². The maximum atomic E-state index is 5.20. The first-order valence-electron chi connectivity index (χ1n) is 4.18. The van der Waals surface area contributed by atoms with Crippen LogP contribution in [0.3, 0.4) is 0 Å². The molecule has 6 heteroatoms. The number of rotatable bonds is 4. The summed E-state index contributed by atoms with van der Waals surface area (Å²) >= 11 is 0. The third-order valence-electron chi connectivity index (χ3n) is 2.30. The van der Waals surface area contributed by atoms with E-state index in [9.17, 15) is 0 Å². The topological polar surface area (TPSA) is 61.3 Å². The SMILES string of the molecule is COC1(OC)CC(OC)(OC)NC=N1. The fraction of sp³-hybridized carbons (Fsp3) is 0.875. The number of aliphatic imine (C=N–C) groups is 1. The molecule has 0 aliphatic carbocycles. The highest BCUT2D eigenvalue weighted by Gasteiger charge is 2.45. The van der Waals surface area contributed by atoms with Gasteiger partial charge < -0.3 is 24.3 Å². The summed E-state index contributed by atoms with van der Waals surface area (Å²) in [5, 5.41) is 2.86. The van der Waals surface area contributed by atoms with Crippen LogP contribution >= 0.6 is 0 Å². The van der Waals surface area contributed by atoms with Gasteiger partial charge in [0.05, 0.1) is 12.8 Å². The normalized spacial score (nSPS) is 23.1. The third-order valence-corrected chi connectivity index (χ3v) is 2.30. The summed E-state index contributed by atoms with van der Waals surface area (Å²) < 4.78 is 20.7. The van der Waals surface area contributed by atoms with Crippen LogP contribution in [0, 0.1) is 0 Å². The predicted octanol–water partition coefficient (Wildman–Crippen LogP) is -0.0988. The fourth-order valence-electron chi connectivity index (χ4n) is 1.30. The molecule has 0 aromatic carbocycles. The van der Waals surface area contributed by atoms with Crippen molar-refractivity contribution >= 4 is 6.34 Å². The predicted molar refractivity (Wildman–Crippen MR) is 49.7 cm³/mol. The number of hydrogen-bond donors (Lipinski definition) is 1. The van der Waals surface area contributed by atoms with Gasteiger partial charge in [0.1, 0.15) is 0 Å². The fourth-order valence-corrected chi connectivity index (χ4v) is 1.30. The van der Waals surface area contributed by atoms with E-state index in [0.717, 1.165) is 0 Å². The number of nitrogens with one attached hydrogen (secondary N) is 1. The smallest absolute Gasteiger partial charge is 0.277 e. The molecule has 0 radical (unpaired) electrons. The third kappa shape index (κ3) is 1.88. The molecule has 0 unspecified atom stereocenters. The highest BCUT2D eigenvalue weighted by Crippen LogP contribution is 2.29. The summed E-state index contributed by atoms with van der Waals surface area (Å²) in [5.41, 5.74) is 0. The van der Waals surface area contributed by atoms with Crippen LogP contribution in [0.2, 0.25) is 0 Å². The number of ether oxygens (including phenoxy) is 4. The van der Waals surface area contributed by atoms with E-state index in [-0.39, 0.29) is 0 Å². The monoisotopic (exact) mass is 204 g/mol. The Morgan fingerprint density at radius 2 is 1.64 bits per heavy atom. The van der Waals surface area contributed by atoms with Crippen LogP contribution in [0.4, 0.5) is 0 Å². The van der Waals surface area contributed by atoms with E-state index in [2.05, 4.69) is 10.3 Å². The molecule has 0 amide bonds. The van der Waals surface area contributed by atoms with Gasteiger partial charge in [0.15, 0.2) is 0 Å². The van der Waals surface area contributed by atoms with Crippen LogP contribution in [0.5, 0.6) is 0 Å². The molecule has 1 aliphatic heterocycles. The summed E-state index contributed by atoms with van der Waals surface area (Å²) in [6.07, 6.45) is 1.75. The minimum absolute atomic E-state index is 0.302. The Kier molecular flexibility index (Phi) is 3.43. The molecule has 1 aliphatic rings. The second-order valence-corrected chi connectivity index (χ2v) is 2.86. The van der Waals surface area contributed by atoms with Gasteiger partial charge in [-0.05, 0) is 0 Å². The molecule has 1 heterocycles. The Morgan fingerprint density at radius 3 is 2.07 bits per heavy atom. The lowest BCUT2D eigenvalue weighted by atomic mass is 10.2. The Balaban J connectivity index is 2.85. The first-order valence-corrected chi connectivity index (χ1v) is 4.18. The van der Waals surface area contributed by atoms with E-state index in [1.807, 2.05) is 0 Å². The minimum Gasteiger partial charge on any atom is -0.336 e. The van der Waals surface area contributed by atoms with Crippen LogP contribution in [0.25, 0.3) is 0 Å². The van der Waals surface area contributed by atoms with Gasteiger partial charge in [0, 0.05) is 28.4 Å². The maximum absolute atomic E-state index is 5.20. The quantitative estimate of drug-likeness (QED) is 0.648. The van der Waals surface area contributed by atoms with Gasteiger partial charge >= 0.3 is 0 Å². The molecular formula is C8H16N2O4. The van der Waals surface area contributed by atoms with Crippen molar-refractivity contribution in [1.29, 1.82) is 0 Å². The molecule has 0 bridgehead atoms. The Labute approximate surface area is 83.2 Å². The molecule has 1 rings (SSSR count). The number of methoxy groups -OCH3 is 4. The molecule has 0 aromatic heterocycles. The zero-order chi connectivity index (χ0) is 10.7. The summed E-state index contributed by atoms with van der Waals surface area (Å²) in [6.45, 7) is 0. The van der Waals surface area contributed by atoms with Gasteiger partial charge in [0.25, 0.3) is 11.8 Å². The summed E-state index contributed by atoms with van der Waals surface area (Å²) in [5.74, 6) is -2.00. The maximum Gasteiger partial charge on any atom is 0.277 e. The zero-order valence-electron chi connectivity index (χ0n) is 8.86. The Hall–Kier alpha value is -0.690. The molecule has 0 atom stereocenters. The van der Waals surface area contributed by atoms with Crippen molar-refractivity contribution in [3.8, 4) is 0 Å². The Bertz CT molecular complexity index is 211. The lowest BCUT2D eigenvalue weighted by Gasteiger charge is -2.40. The largest absolute Gasteiger partial charge is 0.336 e. The number of nitrogens with zero attached hydrogens (tertiary/aromatic N) is 1. The van der Waals surface area contributed by atoms with E-state index in [1.54, 1.807) is 0 Å². The first kappa shape index (κ1) is 11.4. The molecule has 82 valence electrons. The van der Waals surface area contributed by atoms with Gasteiger partial charge in [-0.2, -0.15) is 0 Å². The lowest BCUT2D eigenvalue weighted by Crippen LogP contribution is -2.57. The van der Waals surface area contributed by atoms with Crippen molar-refractivity contribution < 1.29 is 18.9 Å². The van der Waals surface area contributed by atoms with Gasteiger partial charge in [-0.1, -0.05) is 0 Å².